The number of phosphoric ester groups is 2. The molecular formula is C46H76O15P2. The predicted molar refractivity (Wildman–Crippen MR) is 246 cm³/mol. The largest absolute Gasteiger partial charge is 0.472 e. The van der Waals surface area contributed by atoms with Crippen LogP contribution in [0.5, 0.6) is 0 Å². The molecule has 0 aromatic rings. The summed E-state index contributed by atoms with van der Waals surface area (Å²) in [4.78, 5) is 52.7. The molecule has 0 bridgehead atoms. The average molecular weight is 931 g/mol. The second-order valence-corrected chi connectivity index (χ2v) is 17.3. The first kappa shape index (κ1) is 60.0. The van der Waals surface area contributed by atoms with E-state index in [1.165, 1.54) is 12.8 Å². The van der Waals surface area contributed by atoms with Gasteiger partial charge in [0.1, 0.15) is 12.7 Å². The number of rotatable bonds is 40. The normalized spacial score (nSPS) is 15.9. The van der Waals surface area contributed by atoms with Gasteiger partial charge in [0.15, 0.2) is 6.10 Å². The third-order valence-corrected chi connectivity index (χ3v) is 10.1. The Labute approximate surface area is 375 Å². The van der Waals surface area contributed by atoms with Gasteiger partial charge in [0.05, 0.1) is 32.0 Å². The molecule has 360 valence electrons. The van der Waals surface area contributed by atoms with E-state index in [4.69, 9.17) is 23.8 Å². The Bertz CT molecular complexity index is 1510. The topological polar surface area (TPSA) is 236 Å². The van der Waals surface area contributed by atoms with Gasteiger partial charge in [0.25, 0.3) is 0 Å². The Morgan fingerprint density at radius 3 is 1.73 bits per heavy atom. The molecule has 0 rings (SSSR count). The summed E-state index contributed by atoms with van der Waals surface area (Å²) in [6.07, 6.45) is 40.2. The number of hydrogen-bond acceptors (Lipinski definition) is 12. The molecule has 0 aliphatic rings. The van der Waals surface area contributed by atoms with E-state index < -0.39 is 78.4 Å². The summed E-state index contributed by atoms with van der Waals surface area (Å²) in [5.41, 5.74) is 0. The SMILES string of the molecule is CC/C=C\C/C=C\C/C=C\C/C=C\CCCCCCC(=O)O[C@H](COC(=O)CCC[C@H](O)\C=C/C=C/C=C/[C@H](O)C/C=C\CCCCC)COP(=O)(O)OC[C@@H](O)COP(=O)(O)O. The summed E-state index contributed by atoms with van der Waals surface area (Å²) in [5, 5.41) is 30.0. The van der Waals surface area contributed by atoms with Gasteiger partial charge in [-0.2, -0.15) is 0 Å². The van der Waals surface area contributed by atoms with Gasteiger partial charge in [-0.05, 0) is 77.0 Å². The number of unbranched alkanes of at least 4 members (excludes halogenated alkanes) is 7. The number of carbonyl (C=O) groups is 2. The molecular weight excluding hydrogens is 854 g/mol. The van der Waals surface area contributed by atoms with E-state index in [0.29, 0.717) is 12.8 Å². The molecule has 0 aliphatic carbocycles. The molecule has 0 aliphatic heterocycles. The Morgan fingerprint density at radius 2 is 1.10 bits per heavy atom. The van der Waals surface area contributed by atoms with E-state index in [-0.39, 0.29) is 25.7 Å². The maximum Gasteiger partial charge on any atom is 0.472 e. The highest BCUT2D eigenvalue weighted by Gasteiger charge is 2.28. The number of carbonyl (C=O) groups excluding carboxylic acids is 2. The summed E-state index contributed by atoms with van der Waals surface area (Å²) >= 11 is 0. The molecule has 0 fully saturated rings. The summed E-state index contributed by atoms with van der Waals surface area (Å²) in [6, 6.07) is 0. The third-order valence-electron chi connectivity index (χ3n) is 8.64. The highest BCUT2D eigenvalue weighted by Crippen LogP contribution is 2.43. The zero-order chi connectivity index (χ0) is 46.9. The van der Waals surface area contributed by atoms with Crippen molar-refractivity contribution in [3.05, 3.63) is 97.2 Å². The highest BCUT2D eigenvalue weighted by atomic mass is 31.2. The molecule has 0 radical (unpaired) electrons. The van der Waals surface area contributed by atoms with Crippen molar-refractivity contribution in [1.82, 2.24) is 0 Å². The first-order valence-electron chi connectivity index (χ1n) is 22.1. The van der Waals surface area contributed by atoms with Crippen molar-refractivity contribution < 1.29 is 71.8 Å². The smallest absolute Gasteiger partial charge is 0.462 e. The zero-order valence-electron chi connectivity index (χ0n) is 37.4. The molecule has 0 saturated heterocycles. The lowest BCUT2D eigenvalue weighted by atomic mass is 10.1. The van der Waals surface area contributed by atoms with Gasteiger partial charge in [-0.1, -0.05) is 137 Å². The van der Waals surface area contributed by atoms with Crippen molar-refractivity contribution in [1.29, 1.82) is 0 Å². The van der Waals surface area contributed by atoms with E-state index in [9.17, 15) is 38.9 Å². The van der Waals surface area contributed by atoms with Crippen LogP contribution in [0.25, 0.3) is 0 Å². The summed E-state index contributed by atoms with van der Waals surface area (Å²) in [7, 11) is -9.78. The molecule has 63 heavy (non-hydrogen) atoms. The van der Waals surface area contributed by atoms with Gasteiger partial charge < -0.3 is 39.5 Å². The van der Waals surface area contributed by atoms with Crippen LogP contribution in [0, 0.1) is 0 Å². The fourth-order valence-electron chi connectivity index (χ4n) is 5.24. The van der Waals surface area contributed by atoms with Crippen molar-refractivity contribution in [2.24, 2.45) is 0 Å². The van der Waals surface area contributed by atoms with E-state index in [1.54, 1.807) is 36.5 Å². The third kappa shape index (κ3) is 44.0. The van der Waals surface area contributed by atoms with E-state index in [1.807, 2.05) is 6.08 Å². The second kappa shape index (κ2) is 40.5. The predicted octanol–water partition coefficient (Wildman–Crippen LogP) is 9.28. The van der Waals surface area contributed by atoms with Crippen molar-refractivity contribution in [3.63, 3.8) is 0 Å². The molecule has 5 atom stereocenters. The molecule has 0 aromatic heterocycles. The van der Waals surface area contributed by atoms with Crippen LogP contribution >= 0.6 is 15.6 Å². The number of esters is 2. The molecule has 0 saturated carbocycles. The van der Waals surface area contributed by atoms with Crippen LogP contribution in [-0.4, -0.2) is 92.8 Å². The molecule has 0 aromatic carbocycles. The molecule has 0 heterocycles. The second-order valence-electron chi connectivity index (χ2n) is 14.6. The number of allylic oxidation sites excluding steroid dienone is 13. The van der Waals surface area contributed by atoms with Crippen LogP contribution in [0.15, 0.2) is 97.2 Å². The molecule has 17 heteroatoms. The quantitative estimate of drug-likeness (QED) is 0.0110. The van der Waals surface area contributed by atoms with Gasteiger partial charge in [-0.3, -0.25) is 23.2 Å². The average Bonchev–Trinajstić information content (AvgIpc) is 3.23. The number of hydrogen-bond donors (Lipinski definition) is 6. The van der Waals surface area contributed by atoms with Crippen LogP contribution in [0.4, 0.5) is 0 Å². The van der Waals surface area contributed by atoms with Crippen molar-refractivity contribution in [2.75, 3.05) is 26.4 Å². The van der Waals surface area contributed by atoms with Crippen LogP contribution in [0.3, 0.4) is 0 Å². The Kier molecular flexibility index (Phi) is 38.5. The summed E-state index contributed by atoms with van der Waals surface area (Å²) in [5.74, 6) is -1.31. The van der Waals surface area contributed by atoms with E-state index in [0.717, 1.165) is 64.2 Å². The number of phosphoric acid groups is 2. The van der Waals surface area contributed by atoms with E-state index in [2.05, 4.69) is 77.6 Å². The van der Waals surface area contributed by atoms with Gasteiger partial charge >= 0.3 is 27.6 Å². The van der Waals surface area contributed by atoms with Gasteiger partial charge in [-0.15, -0.1) is 0 Å². The van der Waals surface area contributed by atoms with Crippen LogP contribution in [-0.2, 0) is 41.8 Å². The maximum atomic E-state index is 12.7. The lowest BCUT2D eigenvalue weighted by molar-refractivity contribution is -0.161. The van der Waals surface area contributed by atoms with Crippen LogP contribution in [0.1, 0.15) is 129 Å². The molecule has 0 spiro atoms. The van der Waals surface area contributed by atoms with Gasteiger partial charge in [0, 0.05) is 12.8 Å². The Morgan fingerprint density at radius 1 is 0.556 bits per heavy atom. The van der Waals surface area contributed by atoms with Crippen molar-refractivity contribution in [3.8, 4) is 0 Å². The van der Waals surface area contributed by atoms with E-state index >= 15 is 0 Å². The summed E-state index contributed by atoms with van der Waals surface area (Å²) in [6.45, 7) is 1.26. The fourth-order valence-corrected chi connectivity index (χ4v) is 6.39. The maximum absolute atomic E-state index is 12.7. The van der Waals surface area contributed by atoms with Crippen LogP contribution < -0.4 is 0 Å². The minimum Gasteiger partial charge on any atom is -0.462 e. The fraction of sp³-hybridized carbons (Fsp3) is 0.609. The monoisotopic (exact) mass is 930 g/mol. The first-order chi connectivity index (χ1) is 30.2. The molecule has 0 amide bonds. The van der Waals surface area contributed by atoms with Gasteiger partial charge in [0.2, 0.25) is 0 Å². The lowest BCUT2D eigenvalue weighted by Crippen LogP contribution is -2.30. The standard InChI is InChI=1S/C46H76O15P2/c1-3-5-7-9-11-12-13-14-15-16-17-18-19-20-21-23-29-35-46(51)61-44(40-60-63(55,56)59-38-43(49)37-58-62(52,53)54)39-57-45(50)36-30-34-42(48)33-28-25-24-27-32-41(47)31-26-22-10-8-6-4-2/h5,7,11-12,14-15,17-18,22,24-28,32-33,41-44,47-49H,3-4,6,8-10,13,16,19-21,23,29-31,34-40H2,1-2H3,(H,55,56)(H2,52,53,54)/b7-5-,12-11-,15-14-,18-17-,25-24+,26-22-,32-27+,33-28-/t41-,42-,43+,44-/m1/s1. The minimum atomic E-state index is -4.90. The zero-order valence-corrected chi connectivity index (χ0v) is 39.1. The Balaban J connectivity index is 4.82. The van der Waals surface area contributed by atoms with Crippen molar-refractivity contribution in [2.45, 2.75) is 154 Å². The molecule has 15 nitrogen and oxygen atoms in total. The lowest BCUT2D eigenvalue weighted by Gasteiger charge is -2.20. The highest BCUT2D eigenvalue weighted by molar-refractivity contribution is 7.47. The number of aliphatic hydroxyl groups excluding tert-OH is 3. The summed E-state index contributed by atoms with van der Waals surface area (Å²) < 4.78 is 47.6. The first-order valence-corrected chi connectivity index (χ1v) is 25.2. The Hall–Kier alpha value is -3.04. The molecule has 6 N–H and O–H groups in total. The number of aliphatic hydroxyl groups is 3. The van der Waals surface area contributed by atoms with Crippen LogP contribution in [0.2, 0.25) is 0 Å². The minimum absolute atomic E-state index is 0.0448. The van der Waals surface area contributed by atoms with Crippen molar-refractivity contribution >= 4 is 27.6 Å². The number of ether oxygens (including phenoxy) is 2. The molecule has 1 unspecified atom stereocenters. The van der Waals surface area contributed by atoms with Gasteiger partial charge in [-0.25, -0.2) is 9.13 Å².